The molecule has 17 heavy (non-hydrogen) atoms. The summed E-state index contributed by atoms with van der Waals surface area (Å²) in [6, 6.07) is 7.30. The second-order valence-electron chi connectivity index (χ2n) is 3.75. The van der Waals surface area contributed by atoms with Crippen molar-refractivity contribution >= 4 is 28.6 Å². The lowest BCUT2D eigenvalue weighted by molar-refractivity contribution is 0.0699. The summed E-state index contributed by atoms with van der Waals surface area (Å²) in [6.07, 6.45) is 1.97. The zero-order valence-electron chi connectivity index (χ0n) is 9.72. The predicted molar refractivity (Wildman–Crippen MR) is 71.9 cm³/mol. The second-order valence-corrected chi connectivity index (χ2v) is 5.14. The average molecular weight is 249 g/mol. The highest BCUT2D eigenvalue weighted by Gasteiger charge is 2.10. The molecule has 1 aromatic carbocycles. The molecule has 1 aromatic heterocycles. The van der Waals surface area contributed by atoms with E-state index in [1.165, 1.54) is 0 Å². The minimum Gasteiger partial charge on any atom is -0.478 e. The van der Waals surface area contributed by atoms with E-state index in [4.69, 9.17) is 5.11 Å². The van der Waals surface area contributed by atoms with E-state index in [0.29, 0.717) is 5.56 Å². The van der Waals surface area contributed by atoms with Crippen LogP contribution in [0.2, 0.25) is 0 Å². The molecule has 0 atom stereocenters. The molecule has 1 N–H and O–H groups in total. The van der Waals surface area contributed by atoms with Gasteiger partial charge in [-0.2, -0.15) is 11.8 Å². The van der Waals surface area contributed by atoms with Gasteiger partial charge in [0.1, 0.15) is 0 Å². The highest BCUT2D eigenvalue weighted by Crippen LogP contribution is 2.20. The minimum absolute atomic E-state index is 0.379. The molecule has 0 aliphatic heterocycles. The number of aryl methyl sites for hydroxylation is 1. The van der Waals surface area contributed by atoms with E-state index in [1.54, 1.807) is 12.1 Å². The Labute approximate surface area is 104 Å². The molecule has 0 amide bonds. The number of aromatic nitrogens is 1. The van der Waals surface area contributed by atoms with Crippen molar-refractivity contribution in [3.8, 4) is 0 Å². The van der Waals surface area contributed by atoms with Gasteiger partial charge in [0.2, 0.25) is 0 Å². The van der Waals surface area contributed by atoms with Crippen molar-refractivity contribution in [2.24, 2.45) is 0 Å². The van der Waals surface area contributed by atoms with Crippen molar-refractivity contribution < 1.29 is 9.90 Å². The van der Waals surface area contributed by atoms with Crippen LogP contribution in [0.1, 0.15) is 17.3 Å². The lowest BCUT2D eigenvalue weighted by Gasteiger charge is -2.05. The van der Waals surface area contributed by atoms with Crippen molar-refractivity contribution in [2.75, 3.05) is 11.5 Å². The molecule has 0 radical (unpaired) electrons. The highest BCUT2D eigenvalue weighted by molar-refractivity contribution is 7.99. The lowest BCUT2D eigenvalue weighted by atomic mass is 10.1. The number of thioether (sulfide) groups is 1. The molecule has 0 unspecified atom stereocenters. The molecule has 0 fully saturated rings. The molecule has 90 valence electrons. The van der Waals surface area contributed by atoms with E-state index in [9.17, 15) is 4.79 Å². The fourth-order valence-corrected chi connectivity index (χ4v) is 2.53. The van der Waals surface area contributed by atoms with E-state index >= 15 is 0 Å². The first kappa shape index (κ1) is 12.0. The van der Waals surface area contributed by atoms with E-state index in [1.807, 2.05) is 30.1 Å². The van der Waals surface area contributed by atoms with Crippen molar-refractivity contribution in [2.45, 2.75) is 13.5 Å². The van der Waals surface area contributed by atoms with E-state index < -0.39 is 5.97 Å². The Balaban J connectivity index is 2.34. The van der Waals surface area contributed by atoms with Gasteiger partial charge in [-0.25, -0.2) is 4.79 Å². The molecule has 0 saturated heterocycles. The number of nitrogens with zero attached hydrogens (tertiary/aromatic N) is 1. The third-order valence-electron chi connectivity index (χ3n) is 2.72. The number of rotatable bonds is 5. The monoisotopic (exact) mass is 249 g/mol. The van der Waals surface area contributed by atoms with Crippen LogP contribution in [0, 0.1) is 0 Å². The van der Waals surface area contributed by atoms with E-state index in [2.05, 4.69) is 11.5 Å². The first-order valence-corrected chi connectivity index (χ1v) is 6.78. The van der Waals surface area contributed by atoms with Crippen molar-refractivity contribution in [3.63, 3.8) is 0 Å². The molecule has 0 bridgehead atoms. The molecular weight excluding hydrogens is 234 g/mol. The molecule has 3 nitrogen and oxygen atoms in total. The fourth-order valence-electron chi connectivity index (χ4n) is 1.91. The number of hydrogen-bond acceptors (Lipinski definition) is 2. The van der Waals surface area contributed by atoms with Gasteiger partial charge in [-0.05, 0) is 24.0 Å². The van der Waals surface area contributed by atoms with Crippen LogP contribution in [0.15, 0.2) is 30.5 Å². The molecule has 1 heterocycles. The Morgan fingerprint density at radius 1 is 1.41 bits per heavy atom. The molecule has 0 aliphatic rings. The van der Waals surface area contributed by atoms with Crippen LogP contribution in [0.5, 0.6) is 0 Å². The van der Waals surface area contributed by atoms with Crippen LogP contribution in [0.4, 0.5) is 0 Å². The van der Waals surface area contributed by atoms with Gasteiger partial charge >= 0.3 is 5.97 Å². The summed E-state index contributed by atoms with van der Waals surface area (Å²) in [5, 5.41) is 9.91. The van der Waals surface area contributed by atoms with Crippen molar-refractivity contribution in [1.82, 2.24) is 4.57 Å². The number of fused-ring (bicyclic) bond motifs is 1. The summed E-state index contributed by atoms with van der Waals surface area (Å²) < 4.78 is 2.12. The van der Waals surface area contributed by atoms with Crippen LogP contribution in [0.3, 0.4) is 0 Å². The SMILES string of the molecule is CCSCCn1ccc2c(C(=O)O)cccc21. The van der Waals surface area contributed by atoms with Crippen LogP contribution < -0.4 is 0 Å². The molecule has 0 spiro atoms. The van der Waals surface area contributed by atoms with Gasteiger partial charge in [0.15, 0.2) is 0 Å². The van der Waals surface area contributed by atoms with Crippen LogP contribution in [-0.2, 0) is 6.54 Å². The minimum atomic E-state index is -0.865. The van der Waals surface area contributed by atoms with Gasteiger partial charge in [-0.15, -0.1) is 0 Å². The zero-order valence-corrected chi connectivity index (χ0v) is 10.5. The topological polar surface area (TPSA) is 42.2 Å². The number of carbonyl (C=O) groups is 1. The number of carboxylic acids is 1. The molecule has 2 rings (SSSR count). The maximum atomic E-state index is 11.1. The second kappa shape index (κ2) is 5.27. The summed E-state index contributed by atoms with van der Waals surface area (Å²) >= 11 is 1.89. The molecular formula is C13H15NO2S. The zero-order chi connectivity index (χ0) is 12.3. The Hall–Kier alpha value is -1.42. The van der Waals surface area contributed by atoms with Gasteiger partial charge in [0.05, 0.1) is 5.56 Å². The summed E-state index contributed by atoms with van der Waals surface area (Å²) in [4.78, 5) is 11.1. The molecule has 0 saturated carbocycles. The van der Waals surface area contributed by atoms with Gasteiger partial charge in [0.25, 0.3) is 0 Å². The quantitative estimate of drug-likeness (QED) is 0.828. The van der Waals surface area contributed by atoms with Crippen LogP contribution in [0.25, 0.3) is 10.9 Å². The van der Waals surface area contributed by atoms with Crippen molar-refractivity contribution in [1.29, 1.82) is 0 Å². The fraction of sp³-hybridized carbons (Fsp3) is 0.308. The Morgan fingerprint density at radius 3 is 2.94 bits per heavy atom. The van der Waals surface area contributed by atoms with Crippen LogP contribution >= 0.6 is 11.8 Å². The molecule has 2 aromatic rings. The summed E-state index contributed by atoms with van der Waals surface area (Å²) in [7, 11) is 0. The number of carboxylic acid groups (broad SMARTS) is 1. The summed E-state index contributed by atoms with van der Waals surface area (Å²) in [5.41, 5.74) is 1.38. The third-order valence-corrected chi connectivity index (χ3v) is 3.60. The molecule has 0 aliphatic carbocycles. The normalized spacial score (nSPS) is 10.9. The largest absolute Gasteiger partial charge is 0.478 e. The van der Waals surface area contributed by atoms with Gasteiger partial charge in [-0.1, -0.05) is 13.0 Å². The van der Waals surface area contributed by atoms with Gasteiger partial charge < -0.3 is 9.67 Å². The summed E-state index contributed by atoms with van der Waals surface area (Å²) in [5.74, 6) is 1.30. The maximum absolute atomic E-state index is 11.1. The van der Waals surface area contributed by atoms with Crippen LogP contribution in [-0.4, -0.2) is 27.1 Å². The Bertz CT molecular complexity index is 533. The standard InChI is InChI=1S/C13H15NO2S/c1-2-17-9-8-14-7-6-10-11(13(15)16)4-3-5-12(10)14/h3-7H,2,8-9H2,1H3,(H,15,16). The third kappa shape index (κ3) is 2.47. The number of benzene rings is 1. The van der Waals surface area contributed by atoms with E-state index in [-0.39, 0.29) is 0 Å². The Morgan fingerprint density at radius 2 is 2.24 bits per heavy atom. The number of hydrogen-bond donors (Lipinski definition) is 1. The van der Waals surface area contributed by atoms with Gasteiger partial charge in [-0.3, -0.25) is 0 Å². The van der Waals surface area contributed by atoms with Crippen molar-refractivity contribution in [3.05, 3.63) is 36.0 Å². The molecule has 4 heteroatoms. The summed E-state index contributed by atoms with van der Waals surface area (Å²) in [6.45, 7) is 3.06. The lowest BCUT2D eigenvalue weighted by Crippen LogP contribution is -2.00. The predicted octanol–water partition coefficient (Wildman–Crippen LogP) is 3.09. The first-order chi connectivity index (χ1) is 8.24. The maximum Gasteiger partial charge on any atom is 0.336 e. The average Bonchev–Trinajstić information content (AvgIpc) is 2.72. The van der Waals surface area contributed by atoms with Gasteiger partial charge in [0, 0.05) is 29.4 Å². The van der Waals surface area contributed by atoms with E-state index in [0.717, 1.165) is 29.0 Å². The smallest absolute Gasteiger partial charge is 0.336 e. The Kier molecular flexibility index (Phi) is 3.74. The first-order valence-electron chi connectivity index (χ1n) is 5.63. The highest BCUT2D eigenvalue weighted by atomic mass is 32.2. The number of aromatic carboxylic acids is 1.